The Hall–Kier alpha value is -0.830. The van der Waals surface area contributed by atoms with Gasteiger partial charge in [-0.25, -0.2) is 4.58 Å². The number of carbonyl (C=O) groups is 1. The average molecular weight is 260 g/mol. The van der Waals surface area contributed by atoms with Crippen molar-refractivity contribution in [3.05, 3.63) is 11.6 Å². The SMILES string of the molecule is CC(C)=C[C@H]1[C@H](C(=O)OC=[N+](C)C)C1(C)C.[Cl-]. The summed E-state index contributed by atoms with van der Waals surface area (Å²) in [6, 6.07) is 0. The molecule has 0 unspecified atom stereocenters. The number of hydrogen-bond acceptors (Lipinski definition) is 2. The molecule has 0 aliphatic heterocycles. The lowest BCUT2D eigenvalue weighted by atomic mass is 10.1. The third-order valence-electron chi connectivity index (χ3n) is 3.06. The molecule has 0 bridgehead atoms. The molecular formula is C13H22ClNO2. The molecule has 0 heterocycles. The normalized spacial score (nSPS) is 24.1. The van der Waals surface area contributed by atoms with Crippen LogP contribution in [-0.2, 0) is 9.53 Å². The molecule has 1 aliphatic rings. The number of carbonyl (C=O) groups excluding carboxylic acids is 1. The van der Waals surface area contributed by atoms with Crippen LogP contribution in [-0.4, -0.2) is 31.0 Å². The van der Waals surface area contributed by atoms with Crippen molar-refractivity contribution in [2.24, 2.45) is 17.3 Å². The van der Waals surface area contributed by atoms with Crippen LogP contribution in [0.15, 0.2) is 11.6 Å². The van der Waals surface area contributed by atoms with Gasteiger partial charge in [-0.15, -0.1) is 0 Å². The van der Waals surface area contributed by atoms with Gasteiger partial charge in [0.2, 0.25) is 0 Å². The first kappa shape index (κ1) is 16.2. The molecule has 0 aromatic carbocycles. The summed E-state index contributed by atoms with van der Waals surface area (Å²) < 4.78 is 6.83. The van der Waals surface area contributed by atoms with E-state index in [1.165, 1.54) is 12.0 Å². The van der Waals surface area contributed by atoms with Gasteiger partial charge < -0.3 is 17.1 Å². The molecule has 0 saturated heterocycles. The van der Waals surface area contributed by atoms with E-state index in [0.717, 1.165) is 0 Å². The Morgan fingerprint density at radius 1 is 1.29 bits per heavy atom. The molecule has 0 radical (unpaired) electrons. The first-order chi connectivity index (χ1) is 7.26. The Morgan fingerprint density at radius 3 is 2.24 bits per heavy atom. The van der Waals surface area contributed by atoms with E-state index in [1.807, 2.05) is 14.1 Å². The highest BCUT2D eigenvalue weighted by Gasteiger charge is 2.61. The monoisotopic (exact) mass is 259 g/mol. The third kappa shape index (κ3) is 3.84. The molecule has 0 aromatic heterocycles. The number of rotatable bonds is 3. The number of nitrogens with zero attached hydrogens (tertiary/aromatic N) is 1. The summed E-state index contributed by atoms with van der Waals surface area (Å²) in [6.45, 7) is 8.34. The van der Waals surface area contributed by atoms with E-state index >= 15 is 0 Å². The lowest BCUT2D eigenvalue weighted by Crippen LogP contribution is -3.00. The van der Waals surface area contributed by atoms with E-state index in [4.69, 9.17) is 4.74 Å². The highest BCUT2D eigenvalue weighted by Crippen LogP contribution is 2.59. The number of halogens is 1. The summed E-state index contributed by atoms with van der Waals surface area (Å²) >= 11 is 0. The van der Waals surface area contributed by atoms with E-state index < -0.39 is 0 Å². The smallest absolute Gasteiger partial charge is 0.331 e. The Kier molecular flexibility index (Phi) is 5.40. The Balaban J connectivity index is 0.00000256. The zero-order valence-electron chi connectivity index (χ0n) is 11.5. The maximum Gasteiger partial charge on any atom is 0.331 e. The van der Waals surface area contributed by atoms with E-state index in [0.29, 0.717) is 5.92 Å². The third-order valence-corrected chi connectivity index (χ3v) is 3.06. The number of allylic oxidation sites excluding steroid dienone is 2. The van der Waals surface area contributed by atoms with Crippen LogP contribution in [0.3, 0.4) is 0 Å². The van der Waals surface area contributed by atoms with Gasteiger partial charge in [0.05, 0.1) is 5.92 Å². The summed E-state index contributed by atoms with van der Waals surface area (Å²) in [6.07, 6.45) is 3.62. The summed E-state index contributed by atoms with van der Waals surface area (Å²) in [7, 11) is 3.66. The van der Waals surface area contributed by atoms with Gasteiger partial charge in [0.1, 0.15) is 14.1 Å². The largest absolute Gasteiger partial charge is 1.00 e. The van der Waals surface area contributed by atoms with Crippen LogP contribution in [0.4, 0.5) is 0 Å². The van der Waals surface area contributed by atoms with Crippen molar-refractivity contribution < 1.29 is 26.5 Å². The molecule has 3 nitrogen and oxygen atoms in total. The highest BCUT2D eigenvalue weighted by atomic mass is 35.5. The van der Waals surface area contributed by atoms with Gasteiger partial charge in [-0.3, -0.25) is 4.79 Å². The van der Waals surface area contributed by atoms with Gasteiger partial charge in [-0.05, 0) is 25.2 Å². The predicted molar refractivity (Wildman–Crippen MR) is 64.5 cm³/mol. The van der Waals surface area contributed by atoms with Crippen molar-refractivity contribution >= 4 is 12.4 Å². The van der Waals surface area contributed by atoms with Crippen LogP contribution in [0.5, 0.6) is 0 Å². The van der Waals surface area contributed by atoms with Gasteiger partial charge in [0.15, 0.2) is 0 Å². The van der Waals surface area contributed by atoms with Crippen LogP contribution in [0.1, 0.15) is 27.7 Å². The molecule has 1 aliphatic carbocycles. The minimum absolute atomic E-state index is 0. The lowest BCUT2D eigenvalue weighted by Gasteiger charge is -1.99. The number of ether oxygens (including phenoxy) is 1. The molecule has 4 heteroatoms. The first-order valence-electron chi connectivity index (χ1n) is 5.62. The van der Waals surface area contributed by atoms with E-state index in [1.54, 1.807) is 4.58 Å². The van der Waals surface area contributed by atoms with Crippen LogP contribution in [0.25, 0.3) is 0 Å². The van der Waals surface area contributed by atoms with Gasteiger partial charge in [0, 0.05) is 0 Å². The fourth-order valence-corrected chi connectivity index (χ4v) is 2.03. The van der Waals surface area contributed by atoms with E-state index in [-0.39, 0.29) is 29.7 Å². The maximum atomic E-state index is 11.8. The maximum absolute atomic E-state index is 11.8. The fourth-order valence-electron chi connectivity index (χ4n) is 2.03. The molecule has 2 atom stereocenters. The zero-order chi connectivity index (χ0) is 12.5. The molecule has 1 rings (SSSR count). The minimum Gasteiger partial charge on any atom is -1.00 e. The molecule has 0 aromatic rings. The first-order valence-corrected chi connectivity index (χ1v) is 5.62. The standard InChI is InChI=1S/C13H22NO2.ClH/c1-9(2)7-10-11(13(10,3)4)12(15)16-8-14(5)6;/h7-8,10-11H,1-6H3;1H/q+1;/p-1/t10-,11+;/m0./s1. The molecule has 0 N–H and O–H groups in total. The van der Waals surface area contributed by atoms with Crippen LogP contribution >= 0.6 is 0 Å². The second-order valence-electron chi connectivity index (χ2n) is 5.57. The molecule has 98 valence electrons. The molecule has 0 spiro atoms. The van der Waals surface area contributed by atoms with Crippen molar-refractivity contribution in [2.45, 2.75) is 27.7 Å². The van der Waals surface area contributed by atoms with E-state index in [2.05, 4.69) is 33.8 Å². The topological polar surface area (TPSA) is 29.3 Å². The van der Waals surface area contributed by atoms with Gasteiger partial charge in [-0.1, -0.05) is 25.5 Å². The van der Waals surface area contributed by atoms with Crippen LogP contribution in [0.2, 0.25) is 0 Å². The van der Waals surface area contributed by atoms with Crippen molar-refractivity contribution in [1.82, 2.24) is 0 Å². The second kappa shape index (κ2) is 5.67. The zero-order valence-corrected chi connectivity index (χ0v) is 12.2. The lowest BCUT2D eigenvalue weighted by molar-refractivity contribution is -0.467. The van der Waals surface area contributed by atoms with Gasteiger partial charge in [0.25, 0.3) is 0 Å². The Bertz CT molecular complexity index is 350. The number of esters is 1. The van der Waals surface area contributed by atoms with E-state index in [9.17, 15) is 4.79 Å². The quantitative estimate of drug-likeness (QED) is 0.216. The molecule has 1 saturated carbocycles. The van der Waals surface area contributed by atoms with Crippen molar-refractivity contribution in [2.75, 3.05) is 14.1 Å². The minimum atomic E-state index is -0.124. The van der Waals surface area contributed by atoms with Gasteiger partial charge in [-0.2, -0.15) is 0 Å². The molecule has 1 fully saturated rings. The molecule has 17 heavy (non-hydrogen) atoms. The fraction of sp³-hybridized carbons (Fsp3) is 0.692. The Labute approximate surface area is 110 Å². The van der Waals surface area contributed by atoms with Gasteiger partial charge >= 0.3 is 12.4 Å². The van der Waals surface area contributed by atoms with Crippen molar-refractivity contribution in [3.8, 4) is 0 Å². The summed E-state index contributed by atoms with van der Waals surface area (Å²) in [4.78, 5) is 11.8. The molecule has 0 amide bonds. The van der Waals surface area contributed by atoms with Crippen LogP contribution < -0.4 is 12.4 Å². The molecular weight excluding hydrogens is 238 g/mol. The van der Waals surface area contributed by atoms with Crippen molar-refractivity contribution in [3.63, 3.8) is 0 Å². The van der Waals surface area contributed by atoms with Crippen LogP contribution in [0, 0.1) is 17.3 Å². The summed E-state index contributed by atoms with van der Waals surface area (Å²) in [5.74, 6) is 0.195. The second-order valence-corrected chi connectivity index (χ2v) is 5.57. The Morgan fingerprint density at radius 2 is 1.82 bits per heavy atom. The summed E-state index contributed by atoms with van der Waals surface area (Å²) in [5, 5.41) is 0. The predicted octanol–water partition coefficient (Wildman–Crippen LogP) is -0.928. The van der Waals surface area contributed by atoms with Crippen molar-refractivity contribution in [1.29, 1.82) is 0 Å². The average Bonchev–Trinajstić information content (AvgIpc) is 2.63. The summed E-state index contributed by atoms with van der Waals surface area (Å²) in [5.41, 5.74) is 1.29. The highest BCUT2D eigenvalue weighted by molar-refractivity contribution is 5.83. The number of hydrogen-bond donors (Lipinski definition) is 0.